The second-order valence-corrected chi connectivity index (χ2v) is 5.39. The maximum absolute atomic E-state index is 3.57. The Morgan fingerprint density at radius 3 is 2.21 bits per heavy atom. The zero-order valence-corrected chi connectivity index (χ0v) is 9.60. The van der Waals surface area contributed by atoms with E-state index in [4.69, 9.17) is 0 Å². The molecule has 0 amide bonds. The van der Waals surface area contributed by atoms with Gasteiger partial charge in [-0.25, -0.2) is 0 Å². The standard InChI is InChI=1S/C13H25N/c1-11-10-13(8-9-14-11)12-6-4-2-3-5-7-12/h11-14H,2-10H2,1H3. The topological polar surface area (TPSA) is 12.0 Å². The van der Waals surface area contributed by atoms with Gasteiger partial charge in [-0.3, -0.25) is 0 Å². The Morgan fingerprint density at radius 1 is 0.857 bits per heavy atom. The molecule has 1 saturated carbocycles. The lowest BCUT2D eigenvalue weighted by Gasteiger charge is -2.33. The summed E-state index contributed by atoms with van der Waals surface area (Å²) < 4.78 is 0. The summed E-state index contributed by atoms with van der Waals surface area (Å²) in [6.45, 7) is 3.62. The predicted molar refractivity (Wildman–Crippen MR) is 61.4 cm³/mol. The van der Waals surface area contributed by atoms with Crippen LogP contribution in [0.5, 0.6) is 0 Å². The van der Waals surface area contributed by atoms with Crippen LogP contribution in [-0.4, -0.2) is 12.6 Å². The van der Waals surface area contributed by atoms with Crippen molar-refractivity contribution in [2.45, 2.75) is 64.3 Å². The molecule has 1 saturated heterocycles. The molecule has 0 aromatic rings. The number of hydrogen-bond acceptors (Lipinski definition) is 1. The van der Waals surface area contributed by atoms with Crippen LogP contribution >= 0.6 is 0 Å². The van der Waals surface area contributed by atoms with Gasteiger partial charge in [-0.2, -0.15) is 0 Å². The van der Waals surface area contributed by atoms with Crippen LogP contribution in [0, 0.1) is 11.8 Å². The van der Waals surface area contributed by atoms with Crippen LogP contribution in [0.1, 0.15) is 58.3 Å². The summed E-state index contributed by atoms with van der Waals surface area (Å²) in [5.74, 6) is 2.12. The van der Waals surface area contributed by atoms with Crippen molar-refractivity contribution in [3.63, 3.8) is 0 Å². The van der Waals surface area contributed by atoms with Crippen molar-refractivity contribution in [2.75, 3.05) is 6.54 Å². The minimum Gasteiger partial charge on any atom is -0.314 e. The minimum absolute atomic E-state index is 0.775. The summed E-state index contributed by atoms with van der Waals surface area (Å²) in [4.78, 5) is 0. The fourth-order valence-corrected chi connectivity index (χ4v) is 3.38. The van der Waals surface area contributed by atoms with Gasteiger partial charge in [0.1, 0.15) is 0 Å². The summed E-state index contributed by atoms with van der Waals surface area (Å²) in [5, 5.41) is 3.57. The van der Waals surface area contributed by atoms with Crippen molar-refractivity contribution < 1.29 is 0 Å². The number of piperidine rings is 1. The molecule has 2 unspecified atom stereocenters. The van der Waals surface area contributed by atoms with Gasteiger partial charge in [-0.1, -0.05) is 38.5 Å². The Balaban J connectivity index is 1.85. The highest BCUT2D eigenvalue weighted by Gasteiger charge is 2.26. The molecule has 0 aromatic carbocycles. The molecule has 2 aliphatic rings. The largest absolute Gasteiger partial charge is 0.314 e. The van der Waals surface area contributed by atoms with Crippen LogP contribution in [0.15, 0.2) is 0 Å². The van der Waals surface area contributed by atoms with Gasteiger partial charge in [0.15, 0.2) is 0 Å². The van der Waals surface area contributed by atoms with E-state index >= 15 is 0 Å². The Morgan fingerprint density at radius 2 is 1.57 bits per heavy atom. The Hall–Kier alpha value is -0.0400. The Labute approximate surface area is 88.7 Å². The number of nitrogens with one attached hydrogen (secondary N) is 1. The van der Waals surface area contributed by atoms with Gasteiger partial charge in [-0.05, 0) is 38.1 Å². The molecular formula is C13H25N. The molecule has 0 spiro atoms. The van der Waals surface area contributed by atoms with Gasteiger partial charge in [0.25, 0.3) is 0 Å². The van der Waals surface area contributed by atoms with Gasteiger partial charge < -0.3 is 5.32 Å². The first kappa shape index (κ1) is 10.5. The molecule has 1 heterocycles. The highest BCUT2D eigenvalue weighted by atomic mass is 14.9. The maximum atomic E-state index is 3.57. The van der Waals surface area contributed by atoms with Crippen LogP contribution in [0.2, 0.25) is 0 Å². The van der Waals surface area contributed by atoms with E-state index in [9.17, 15) is 0 Å². The first-order valence-corrected chi connectivity index (χ1v) is 6.59. The van der Waals surface area contributed by atoms with Gasteiger partial charge in [-0.15, -0.1) is 0 Å². The van der Waals surface area contributed by atoms with E-state index in [-0.39, 0.29) is 0 Å². The van der Waals surface area contributed by atoms with Gasteiger partial charge in [0.2, 0.25) is 0 Å². The van der Waals surface area contributed by atoms with Crippen LogP contribution in [0.4, 0.5) is 0 Å². The van der Waals surface area contributed by atoms with Gasteiger partial charge in [0, 0.05) is 6.04 Å². The van der Waals surface area contributed by atoms with Crippen molar-refractivity contribution >= 4 is 0 Å². The summed E-state index contributed by atoms with van der Waals surface area (Å²) in [6.07, 6.45) is 11.9. The minimum atomic E-state index is 0.775. The third-order valence-electron chi connectivity index (χ3n) is 4.23. The van der Waals surface area contributed by atoms with Crippen LogP contribution in [-0.2, 0) is 0 Å². The second kappa shape index (κ2) is 5.16. The Kier molecular flexibility index (Phi) is 3.86. The van der Waals surface area contributed by atoms with Crippen molar-refractivity contribution in [1.29, 1.82) is 0 Å². The van der Waals surface area contributed by atoms with Gasteiger partial charge in [0.05, 0.1) is 0 Å². The first-order valence-electron chi connectivity index (χ1n) is 6.59. The molecule has 2 rings (SSSR count). The summed E-state index contributed by atoms with van der Waals surface area (Å²) >= 11 is 0. The quantitative estimate of drug-likeness (QED) is 0.633. The van der Waals surface area contributed by atoms with Crippen molar-refractivity contribution in [3.05, 3.63) is 0 Å². The van der Waals surface area contributed by atoms with Crippen LogP contribution < -0.4 is 5.32 Å². The van der Waals surface area contributed by atoms with Crippen molar-refractivity contribution in [1.82, 2.24) is 5.32 Å². The molecule has 82 valence electrons. The van der Waals surface area contributed by atoms with E-state index < -0.39 is 0 Å². The van der Waals surface area contributed by atoms with E-state index in [1.54, 1.807) is 0 Å². The predicted octanol–water partition coefficient (Wildman–Crippen LogP) is 3.34. The lowest BCUT2D eigenvalue weighted by Crippen LogP contribution is -2.38. The molecule has 1 aliphatic heterocycles. The monoisotopic (exact) mass is 195 g/mol. The highest BCUT2D eigenvalue weighted by molar-refractivity contribution is 4.81. The fraction of sp³-hybridized carbons (Fsp3) is 1.00. The third kappa shape index (κ3) is 2.73. The maximum Gasteiger partial charge on any atom is 0.00414 e. The van der Waals surface area contributed by atoms with Gasteiger partial charge >= 0.3 is 0 Å². The summed E-state index contributed by atoms with van der Waals surface area (Å²) in [5.41, 5.74) is 0. The fourth-order valence-electron chi connectivity index (χ4n) is 3.38. The smallest absolute Gasteiger partial charge is 0.00414 e. The van der Waals surface area contributed by atoms with Crippen LogP contribution in [0.25, 0.3) is 0 Å². The van der Waals surface area contributed by atoms with Crippen molar-refractivity contribution in [2.24, 2.45) is 11.8 Å². The molecule has 1 nitrogen and oxygen atoms in total. The lowest BCUT2D eigenvalue weighted by atomic mass is 9.78. The molecule has 2 atom stereocenters. The highest BCUT2D eigenvalue weighted by Crippen LogP contribution is 2.34. The molecule has 1 N–H and O–H groups in total. The second-order valence-electron chi connectivity index (χ2n) is 5.39. The average molecular weight is 195 g/mol. The molecule has 2 fully saturated rings. The molecule has 0 bridgehead atoms. The lowest BCUT2D eigenvalue weighted by molar-refractivity contribution is 0.209. The molecule has 1 aliphatic carbocycles. The van der Waals surface area contributed by atoms with Crippen LogP contribution in [0.3, 0.4) is 0 Å². The SMILES string of the molecule is CC1CC(C2CCCCCC2)CCN1. The molecule has 0 aromatic heterocycles. The number of hydrogen-bond donors (Lipinski definition) is 1. The summed E-state index contributed by atoms with van der Waals surface area (Å²) in [7, 11) is 0. The summed E-state index contributed by atoms with van der Waals surface area (Å²) in [6, 6.07) is 0.775. The first-order chi connectivity index (χ1) is 6.86. The van der Waals surface area contributed by atoms with E-state index in [2.05, 4.69) is 12.2 Å². The zero-order chi connectivity index (χ0) is 9.80. The third-order valence-corrected chi connectivity index (χ3v) is 4.23. The number of rotatable bonds is 1. The average Bonchev–Trinajstić information content (AvgIpc) is 2.45. The van der Waals surface area contributed by atoms with E-state index in [1.807, 2.05) is 0 Å². The van der Waals surface area contributed by atoms with E-state index in [0.717, 1.165) is 17.9 Å². The normalized spacial score (nSPS) is 36.6. The van der Waals surface area contributed by atoms with E-state index in [0.29, 0.717) is 0 Å². The molecular weight excluding hydrogens is 170 g/mol. The Bertz CT molecular complexity index is 159. The van der Waals surface area contributed by atoms with E-state index in [1.165, 1.54) is 57.9 Å². The zero-order valence-electron chi connectivity index (χ0n) is 9.60. The molecule has 1 heteroatoms. The van der Waals surface area contributed by atoms with Crippen molar-refractivity contribution in [3.8, 4) is 0 Å². The molecule has 14 heavy (non-hydrogen) atoms. The molecule has 0 radical (unpaired) electrons.